The average Bonchev–Trinajstić information content (AvgIpc) is 2.80. The molecule has 26 heavy (non-hydrogen) atoms. The molecule has 6 nitrogen and oxygen atoms in total. The monoisotopic (exact) mass is 372 g/mol. The molecule has 1 heterocycles. The van der Waals surface area contributed by atoms with Crippen LogP contribution < -0.4 is 5.32 Å². The molecule has 0 spiro atoms. The van der Waals surface area contributed by atoms with E-state index in [4.69, 9.17) is 0 Å². The second-order valence-corrected chi connectivity index (χ2v) is 8.16. The summed E-state index contributed by atoms with van der Waals surface area (Å²) in [6.07, 6.45) is -0.0881. The Morgan fingerprint density at radius 3 is 2.42 bits per heavy atom. The van der Waals surface area contributed by atoms with Crippen molar-refractivity contribution in [3.63, 3.8) is 0 Å². The minimum absolute atomic E-state index is 0.00145. The third-order valence-electron chi connectivity index (χ3n) is 4.41. The van der Waals surface area contributed by atoms with Gasteiger partial charge in [0.25, 0.3) is 15.9 Å². The van der Waals surface area contributed by atoms with Crippen LogP contribution in [0.5, 0.6) is 0 Å². The summed E-state index contributed by atoms with van der Waals surface area (Å²) in [5.74, 6) is -0.892. The number of rotatable bonds is 5. The molecule has 0 radical (unpaired) electrons. The van der Waals surface area contributed by atoms with Gasteiger partial charge < -0.3 is 5.32 Å². The van der Waals surface area contributed by atoms with E-state index in [1.165, 1.54) is 12.1 Å². The minimum Gasteiger partial charge on any atom is -0.350 e. The number of hydrogen-bond donors (Lipinski definition) is 1. The van der Waals surface area contributed by atoms with Gasteiger partial charge in [0.15, 0.2) is 0 Å². The third kappa shape index (κ3) is 3.35. The predicted molar refractivity (Wildman–Crippen MR) is 97.0 cm³/mol. The van der Waals surface area contributed by atoms with Gasteiger partial charge in [-0.1, -0.05) is 42.0 Å². The van der Waals surface area contributed by atoms with Gasteiger partial charge >= 0.3 is 0 Å². The first-order valence-electron chi connectivity index (χ1n) is 8.33. The van der Waals surface area contributed by atoms with Crippen LogP contribution in [-0.2, 0) is 14.8 Å². The highest BCUT2D eigenvalue weighted by molar-refractivity contribution is 7.90. The van der Waals surface area contributed by atoms with Gasteiger partial charge in [0.1, 0.15) is 4.90 Å². The summed E-state index contributed by atoms with van der Waals surface area (Å²) in [5.41, 5.74) is 2.24. The van der Waals surface area contributed by atoms with Crippen molar-refractivity contribution in [1.82, 2.24) is 9.62 Å². The van der Waals surface area contributed by atoms with Gasteiger partial charge in [-0.3, -0.25) is 9.59 Å². The first-order valence-corrected chi connectivity index (χ1v) is 9.77. The van der Waals surface area contributed by atoms with Gasteiger partial charge in [-0.15, -0.1) is 0 Å². The van der Waals surface area contributed by atoms with Gasteiger partial charge in [0.05, 0.1) is 11.6 Å². The van der Waals surface area contributed by atoms with Crippen LogP contribution in [0.4, 0.5) is 0 Å². The van der Waals surface area contributed by atoms with Crippen molar-refractivity contribution in [1.29, 1.82) is 0 Å². The zero-order valence-corrected chi connectivity index (χ0v) is 15.4. The topological polar surface area (TPSA) is 83.6 Å². The zero-order chi connectivity index (χ0) is 18.9. The van der Waals surface area contributed by atoms with Crippen LogP contribution in [0.15, 0.2) is 53.4 Å². The van der Waals surface area contributed by atoms with Crippen molar-refractivity contribution >= 4 is 21.8 Å². The molecular weight excluding hydrogens is 352 g/mol. The number of aryl methyl sites for hydroxylation is 1. The highest BCUT2D eigenvalue weighted by Gasteiger charge is 2.40. The largest absolute Gasteiger partial charge is 0.350 e. The smallest absolute Gasteiger partial charge is 0.269 e. The van der Waals surface area contributed by atoms with Gasteiger partial charge in [-0.2, -0.15) is 0 Å². The van der Waals surface area contributed by atoms with Crippen molar-refractivity contribution in [3.8, 4) is 0 Å². The van der Waals surface area contributed by atoms with E-state index in [2.05, 4.69) is 5.32 Å². The normalized spacial score (nSPS) is 16.2. The van der Waals surface area contributed by atoms with Gasteiger partial charge in [-0.25, -0.2) is 12.7 Å². The summed E-state index contributed by atoms with van der Waals surface area (Å²) in [5, 5.41) is 2.83. The van der Waals surface area contributed by atoms with Crippen LogP contribution in [0, 0.1) is 6.92 Å². The zero-order valence-electron chi connectivity index (χ0n) is 14.6. The van der Waals surface area contributed by atoms with Crippen LogP contribution in [0.1, 0.15) is 40.9 Å². The van der Waals surface area contributed by atoms with E-state index < -0.39 is 15.9 Å². The fourth-order valence-corrected chi connectivity index (χ4v) is 4.48. The Morgan fingerprint density at radius 2 is 1.77 bits per heavy atom. The highest BCUT2D eigenvalue weighted by Crippen LogP contribution is 2.29. The number of sulfonamides is 1. The summed E-state index contributed by atoms with van der Waals surface area (Å²) >= 11 is 0. The number of carbonyl (C=O) groups excluding carboxylic acids is 2. The second kappa shape index (κ2) is 6.92. The van der Waals surface area contributed by atoms with E-state index in [9.17, 15) is 18.0 Å². The molecule has 1 unspecified atom stereocenters. The number of nitrogens with one attached hydrogen (secondary N) is 1. The third-order valence-corrected chi connectivity index (χ3v) is 6.25. The summed E-state index contributed by atoms with van der Waals surface area (Å²) < 4.78 is 25.7. The lowest BCUT2D eigenvalue weighted by Gasteiger charge is -2.17. The van der Waals surface area contributed by atoms with Crippen LogP contribution in [-0.4, -0.2) is 31.1 Å². The molecule has 0 fully saturated rings. The maximum Gasteiger partial charge on any atom is 0.269 e. The molecule has 1 aliphatic heterocycles. The average molecular weight is 372 g/mol. The summed E-state index contributed by atoms with van der Waals surface area (Å²) in [6.45, 7) is 3.66. The minimum atomic E-state index is -3.87. The molecule has 0 aromatic heterocycles. The molecule has 0 bridgehead atoms. The maximum absolute atomic E-state index is 12.5. The molecule has 2 aromatic carbocycles. The van der Waals surface area contributed by atoms with E-state index in [0.717, 1.165) is 15.4 Å². The Balaban J connectivity index is 1.63. The SMILES string of the molecule is Cc1ccc(C(C)NC(=O)CCN2C(=O)c3ccccc3S2(=O)=O)cc1. The Hall–Kier alpha value is -2.67. The number of nitrogens with zero attached hydrogens (tertiary/aromatic N) is 1. The molecule has 2 aromatic rings. The summed E-state index contributed by atoms with van der Waals surface area (Å²) in [7, 11) is -3.87. The second-order valence-electron chi connectivity index (χ2n) is 6.33. The predicted octanol–water partition coefficient (Wildman–Crippen LogP) is 2.41. The van der Waals surface area contributed by atoms with Crippen molar-refractivity contribution in [2.24, 2.45) is 0 Å². The number of amides is 2. The lowest BCUT2D eigenvalue weighted by atomic mass is 10.1. The quantitative estimate of drug-likeness (QED) is 0.874. The van der Waals surface area contributed by atoms with Gasteiger partial charge in [-0.05, 0) is 31.5 Å². The molecule has 3 rings (SSSR count). The Bertz CT molecular complexity index is 952. The van der Waals surface area contributed by atoms with Crippen LogP contribution in [0.3, 0.4) is 0 Å². The van der Waals surface area contributed by atoms with Crippen molar-refractivity contribution in [2.75, 3.05) is 6.54 Å². The van der Waals surface area contributed by atoms with Crippen molar-refractivity contribution in [3.05, 3.63) is 65.2 Å². The Labute approximate surface area is 152 Å². The van der Waals surface area contributed by atoms with E-state index in [1.54, 1.807) is 12.1 Å². The molecule has 0 saturated carbocycles. The fraction of sp³-hybridized carbons (Fsp3) is 0.263. The van der Waals surface area contributed by atoms with Crippen LogP contribution in [0.25, 0.3) is 0 Å². The Morgan fingerprint density at radius 1 is 1.12 bits per heavy atom. The molecule has 0 saturated heterocycles. The van der Waals surface area contributed by atoms with E-state index in [0.29, 0.717) is 0 Å². The molecule has 1 aliphatic rings. The lowest BCUT2D eigenvalue weighted by Crippen LogP contribution is -2.35. The molecule has 2 amide bonds. The number of carbonyl (C=O) groups is 2. The van der Waals surface area contributed by atoms with E-state index in [1.807, 2.05) is 38.1 Å². The molecule has 7 heteroatoms. The number of hydrogen-bond acceptors (Lipinski definition) is 4. The summed E-state index contributed by atoms with van der Waals surface area (Å²) in [6, 6.07) is 13.7. The maximum atomic E-state index is 12.5. The first-order chi connectivity index (χ1) is 12.3. The number of fused-ring (bicyclic) bond motifs is 1. The first kappa shape index (κ1) is 18.1. The van der Waals surface area contributed by atoms with Crippen molar-refractivity contribution in [2.45, 2.75) is 31.2 Å². The van der Waals surface area contributed by atoms with Crippen molar-refractivity contribution < 1.29 is 18.0 Å². The summed E-state index contributed by atoms with van der Waals surface area (Å²) in [4.78, 5) is 24.5. The molecule has 0 aliphatic carbocycles. The molecular formula is C19H20N2O4S. The molecule has 1 atom stereocenters. The highest BCUT2D eigenvalue weighted by atomic mass is 32.2. The van der Waals surface area contributed by atoms with Crippen LogP contribution in [0.2, 0.25) is 0 Å². The molecule has 1 N–H and O–H groups in total. The van der Waals surface area contributed by atoms with Crippen LogP contribution >= 0.6 is 0 Å². The van der Waals surface area contributed by atoms with Gasteiger partial charge in [0, 0.05) is 13.0 Å². The standard InChI is InChI=1S/C19H20N2O4S/c1-13-7-9-15(10-8-13)14(2)20-18(22)11-12-21-19(23)16-5-3-4-6-17(16)26(21,24)25/h3-10,14H,11-12H2,1-2H3,(H,20,22). The lowest BCUT2D eigenvalue weighted by molar-refractivity contribution is -0.121. The van der Waals surface area contributed by atoms with E-state index in [-0.39, 0.29) is 35.4 Å². The van der Waals surface area contributed by atoms with Gasteiger partial charge in [0.2, 0.25) is 5.91 Å². The fourth-order valence-electron chi connectivity index (χ4n) is 2.91. The van der Waals surface area contributed by atoms with E-state index >= 15 is 0 Å². The Kier molecular flexibility index (Phi) is 4.82. The number of benzene rings is 2. The molecule has 136 valence electrons.